The first-order chi connectivity index (χ1) is 7.50. The average Bonchev–Trinajstić information content (AvgIpc) is 2.26. The molecule has 0 amide bonds. The lowest BCUT2D eigenvalue weighted by atomic mass is 10.0. The van der Waals surface area contributed by atoms with Crippen molar-refractivity contribution in [2.24, 2.45) is 11.7 Å². The van der Waals surface area contributed by atoms with Crippen LogP contribution in [0.15, 0.2) is 0 Å². The third kappa shape index (κ3) is 4.40. The quantitative estimate of drug-likeness (QED) is 0.770. The van der Waals surface area contributed by atoms with Crippen molar-refractivity contribution in [2.45, 2.75) is 46.2 Å². The van der Waals surface area contributed by atoms with Crippen LogP contribution in [0, 0.1) is 5.92 Å². The van der Waals surface area contributed by atoms with Gasteiger partial charge in [0.25, 0.3) is 0 Å². The van der Waals surface area contributed by atoms with E-state index in [1.165, 1.54) is 32.7 Å². The summed E-state index contributed by atoms with van der Waals surface area (Å²) in [5.74, 6) is 0.608. The van der Waals surface area contributed by atoms with Gasteiger partial charge in [-0.2, -0.15) is 0 Å². The Balaban J connectivity index is 2.17. The van der Waals surface area contributed by atoms with Crippen molar-refractivity contribution in [3.63, 3.8) is 0 Å². The second-order valence-corrected chi connectivity index (χ2v) is 5.67. The predicted octanol–water partition coefficient (Wildman–Crippen LogP) is 1.39. The Morgan fingerprint density at radius 1 is 1.00 bits per heavy atom. The van der Waals surface area contributed by atoms with Gasteiger partial charge < -0.3 is 10.6 Å². The molecule has 1 heterocycles. The summed E-state index contributed by atoms with van der Waals surface area (Å²) in [6.45, 7) is 15.0. The molecule has 1 saturated heterocycles. The van der Waals surface area contributed by atoms with Gasteiger partial charge in [0.1, 0.15) is 0 Å². The van der Waals surface area contributed by atoms with E-state index >= 15 is 0 Å². The molecule has 96 valence electrons. The molecule has 2 N–H and O–H groups in total. The van der Waals surface area contributed by atoms with Crippen molar-refractivity contribution in [3.8, 4) is 0 Å². The molecule has 1 fully saturated rings. The van der Waals surface area contributed by atoms with Crippen molar-refractivity contribution in [1.82, 2.24) is 9.80 Å². The number of nitrogens with zero attached hydrogens (tertiary/aromatic N) is 2. The Morgan fingerprint density at radius 3 is 2.00 bits per heavy atom. The average molecular weight is 227 g/mol. The zero-order chi connectivity index (χ0) is 12.1. The molecule has 0 saturated carbocycles. The molecule has 3 heteroatoms. The molecule has 3 nitrogen and oxygen atoms in total. The van der Waals surface area contributed by atoms with E-state index in [2.05, 4.69) is 37.5 Å². The lowest BCUT2D eigenvalue weighted by Gasteiger charge is -2.37. The summed E-state index contributed by atoms with van der Waals surface area (Å²) in [7, 11) is 0. The lowest BCUT2D eigenvalue weighted by Crippen LogP contribution is -2.49. The fourth-order valence-corrected chi connectivity index (χ4v) is 2.17. The second-order valence-electron chi connectivity index (χ2n) is 5.67. The topological polar surface area (TPSA) is 32.5 Å². The molecule has 0 spiro atoms. The molecule has 0 bridgehead atoms. The van der Waals surface area contributed by atoms with Gasteiger partial charge in [0.2, 0.25) is 0 Å². The molecule has 1 rings (SSSR count). The van der Waals surface area contributed by atoms with Crippen molar-refractivity contribution in [2.75, 3.05) is 32.7 Å². The number of hydrogen-bond acceptors (Lipinski definition) is 3. The van der Waals surface area contributed by atoms with Crippen molar-refractivity contribution in [3.05, 3.63) is 0 Å². The SMILES string of the molecule is CC(C)[C@H](N)CCN1CCN(C(C)C)CC1. The number of hydrogen-bond donors (Lipinski definition) is 1. The maximum atomic E-state index is 6.07. The van der Waals surface area contributed by atoms with Gasteiger partial charge in [-0.1, -0.05) is 13.8 Å². The van der Waals surface area contributed by atoms with Crippen molar-refractivity contribution >= 4 is 0 Å². The van der Waals surface area contributed by atoms with E-state index in [0.717, 1.165) is 6.42 Å². The van der Waals surface area contributed by atoms with Gasteiger partial charge in [0.15, 0.2) is 0 Å². The predicted molar refractivity (Wildman–Crippen MR) is 70.6 cm³/mol. The first-order valence-corrected chi connectivity index (χ1v) is 6.72. The molecule has 1 aliphatic rings. The Morgan fingerprint density at radius 2 is 1.56 bits per heavy atom. The molecule has 0 unspecified atom stereocenters. The number of piperazine rings is 1. The van der Waals surface area contributed by atoms with E-state index in [4.69, 9.17) is 5.73 Å². The summed E-state index contributed by atoms with van der Waals surface area (Å²) >= 11 is 0. The Bertz CT molecular complexity index is 184. The molecule has 16 heavy (non-hydrogen) atoms. The maximum Gasteiger partial charge on any atom is 0.0113 e. The smallest absolute Gasteiger partial charge is 0.0113 e. The van der Waals surface area contributed by atoms with Crippen LogP contribution in [0.2, 0.25) is 0 Å². The van der Waals surface area contributed by atoms with Gasteiger partial charge in [0, 0.05) is 38.3 Å². The minimum Gasteiger partial charge on any atom is -0.327 e. The molecular weight excluding hydrogens is 198 g/mol. The molecule has 0 aromatic rings. The minimum atomic E-state index is 0.364. The third-order valence-corrected chi connectivity index (χ3v) is 3.77. The zero-order valence-electron chi connectivity index (χ0n) is 11.4. The van der Waals surface area contributed by atoms with E-state index in [-0.39, 0.29) is 0 Å². The van der Waals surface area contributed by atoms with Crippen LogP contribution in [0.4, 0.5) is 0 Å². The van der Waals surface area contributed by atoms with Crippen LogP contribution >= 0.6 is 0 Å². The largest absolute Gasteiger partial charge is 0.327 e. The highest BCUT2D eigenvalue weighted by Crippen LogP contribution is 2.08. The van der Waals surface area contributed by atoms with E-state index in [1.54, 1.807) is 0 Å². The van der Waals surface area contributed by atoms with Crippen LogP contribution in [0.25, 0.3) is 0 Å². The van der Waals surface area contributed by atoms with Crippen molar-refractivity contribution in [1.29, 1.82) is 0 Å². The summed E-state index contributed by atoms with van der Waals surface area (Å²) in [4.78, 5) is 5.11. The molecular formula is C13H29N3. The number of rotatable bonds is 5. The summed E-state index contributed by atoms with van der Waals surface area (Å²) in [6.07, 6.45) is 1.14. The van der Waals surface area contributed by atoms with E-state index in [9.17, 15) is 0 Å². The number of nitrogens with two attached hydrogens (primary N) is 1. The van der Waals surface area contributed by atoms with Crippen molar-refractivity contribution < 1.29 is 0 Å². The summed E-state index contributed by atoms with van der Waals surface area (Å²) in [5.41, 5.74) is 6.07. The van der Waals surface area contributed by atoms with Crippen LogP contribution in [-0.4, -0.2) is 54.6 Å². The summed E-state index contributed by atoms with van der Waals surface area (Å²) in [6, 6.07) is 1.06. The highest BCUT2D eigenvalue weighted by atomic mass is 15.3. The molecule has 0 aromatic carbocycles. The van der Waals surface area contributed by atoms with Crippen LogP contribution < -0.4 is 5.73 Å². The first-order valence-electron chi connectivity index (χ1n) is 6.72. The first kappa shape index (κ1) is 13.9. The molecule has 0 aliphatic carbocycles. The lowest BCUT2D eigenvalue weighted by molar-refractivity contribution is 0.105. The Kier molecular flexibility index (Phi) is 5.73. The third-order valence-electron chi connectivity index (χ3n) is 3.77. The zero-order valence-corrected chi connectivity index (χ0v) is 11.4. The van der Waals surface area contributed by atoms with Gasteiger partial charge in [-0.3, -0.25) is 4.90 Å². The Labute approximate surface area is 101 Å². The Hall–Kier alpha value is -0.120. The van der Waals surface area contributed by atoms with Gasteiger partial charge >= 0.3 is 0 Å². The minimum absolute atomic E-state index is 0.364. The van der Waals surface area contributed by atoms with Crippen LogP contribution in [0.3, 0.4) is 0 Å². The highest BCUT2D eigenvalue weighted by Gasteiger charge is 2.19. The summed E-state index contributed by atoms with van der Waals surface area (Å²) in [5, 5.41) is 0. The van der Waals surface area contributed by atoms with Gasteiger partial charge in [0.05, 0.1) is 0 Å². The normalized spacial score (nSPS) is 21.9. The van der Waals surface area contributed by atoms with E-state index < -0.39 is 0 Å². The maximum absolute atomic E-state index is 6.07. The summed E-state index contributed by atoms with van der Waals surface area (Å²) < 4.78 is 0. The van der Waals surface area contributed by atoms with Crippen LogP contribution in [-0.2, 0) is 0 Å². The monoisotopic (exact) mass is 227 g/mol. The second kappa shape index (κ2) is 6.58. The van der Waals surface area contributed by atoms with Gasteiger partial charge in [-0.15, -0.1) is 0 Å². The molecule has 1 aliphatic heterocycles. The fraction of sp³-hybridized carbons (Fsp3) is 1.00. The van der Waals surface area contributed by atoms with Crippen LogP contribution in [0.5, 0.6) is 0 Å². The van der Waals surface area contributed by atoms with Gasteiger partial charge in [-0.05, 0) is 32.7 Å². The van der Waals surface area contributed by atoms with Gasteiger partial charge in [-0.25, -0.2) is 0 Å². The highest BCUT2D eigenvalue weighted by molar-refractivity contribution is 4.76. The molecule has 1 atom stereocenters. The fourth-order valence-electron chi connectivity index (χ4n) is 2.17. The molecule has 0 radical (unpaired) electrons. The standard InChI is InChI=1S/C13H29N3/c1-11(2)13(14)5-6-15-7-9-16(10-8-15)12(3)4/h11-13H,5-10,14H2,1-4H3/t13-/m1/s1. The van der Waals surface area contributed by atoms with Crippen LogP contribution in [0.1, 0.15) is 34.1 Å². The molecule has 0 aromatic heterocycles. The van der Waals surface area contributed by atoms with E-state index in [0.29, 0.717) is 18.0 Å². The van der Waals surface area contributed by atoms with E-state index in [1.807, 2.05) is 0 Å².